The largest absolute Gasteiger partial charge is 0.490 e. The molecule has 8 fully saturated rings. The number of aromatic nitrogens is 4. The predicted octanol–water partition coefficient (Wildman–Crippen LogP) is 13.1. The molecule has 16 rings (SSSR count). The van der Waals surface area contributed by atoms with Gasteiger partial charge in [-0.3, -0.25) is 73.3 Å². The molecule has 8 amide bonds. The molecule has 6 aliphatic heterocycles. The number of imide groups is 4. The Morgan fingerprint density at radius 3 is 1.26 bits per heavy atom. The Kier molecular flexibility index (Phi) is 27.6. The predicted molar refractivity (Wildman–Crippen MR) is 447 cm³/mol. The van der Waals surface area contributed by atoms with Crippen LogP contribution in [0.5, 0.6) is 23.0 Å². The summed E-state index contributed by atoms with van der Waals surface area (Å²) in [6.45, 7) is 27.2. The van der Waals surface area contributed by atoms with Gasteiger partial charge in [0.2, 0.25) is 35.0 Å². The lowest BCUT2D eigenvalue weighted by molar-refractivity contribution is -0.137. The van der Waals surface area contributed by atoms with E-state index < -0.39 is 59.3 Å². The molecule has 2 aromatic heterocycles. The highest BCUT2D eigenvalue weighted by Crippen LogP contribution is 2.41. The maximum Gasteiger partial charge on any atom is 0.262 e. The number of rotatable bonds is 25. The highest BCUT2D eigenvalue weighted by molar-refractivity contribution is 6.34. The second-order valence-corrected chi connectivity index (χ2v) is 34.6. The van der Waals surface area contributed by atoms with Crippen LogP contribution < -0.4 is 44.7 Å². The molecule has 0 spiro atoms. The normalized spacial score (nSPS) is 24.2. The number of piperidine rings is 4. The minimum Gasteiger partial charge on any atom is -0.490 e. The van der Waals surface area contributed by atoms with Gasteiger partial charge in [0.15, 0.2) is 11.6 Å². The fourth-order valence-corrected chi connectivity index (χ4v) is 18.3. The molecular formula is C90H100Cl2N14O15. The Hall–Kier alpha value is -11.1. The third kappa shape index (κ3) is 20.9. The number of nitrogens with one attached hydrogen (secondary N) is 3. The summed E-state index contributed by atoms with van der Waals surface area (Å²) in [6.07, 6.45) is 22.5. The quantitative estimate of drug-likeness (QED) is 0.0272. The summed E-state index contributed by atoms with van der Waals surface area (Å²) >= 11 is 12.3. The van der Waals surface area contributed by atoms with E-state index >= 15 is 0 Å². The van der Waals surface area contributed by atoms with Gasteiger partial charge < -0.3 is 38.9 Å². The summed E-state index contributed by atoms with van der Waals surface area (Å²) in [5.74, 6) is 1.56. The molecule has 4 aromatic carbocycles. The Morgan fingerprint density at radius 1 is 0.488 bits per heavy atom. The maximum atomic E-state index is 13.3. The van der Waals surface area contributed by atoms with E-state index in [9.17, 15) is 52.7 Å². The zero-order chi connectivity index (χ0) is 85.3. The summed E-state index contributed by atoms with van der Waals surface area (Å²) < 4.78 is 24.7. The average Bonchev–Trinajstić information content (AvgIpc) is 1.60. The molecule has 634 valence electrons. The fraction of sp³-hybridized carbons (Fsp3) is 0.500. The maximum absolute atomic E-state index is 13.3. The zero-order valence-electron chi connectivity index (χ0n) is 68.3. The van der Waals surface area contributed by atoms with Crippen LogP contribution in [0.15, 0.2) is 97.6 Å². The second-order valence-electron chi connectivity index (χ2n) is 33.8. The van der Waals surface area contributed by atoms with Crippen molar-refractivity contribution in [1.82, 2.24) is 50.6 Å². The number of fused-ring (bicyclic) bond motifs is 2. The monoisotopic (exact) mass is 1690 g/mol. The molecule has 4 saturated carbocycles. The number of anilines is 2. The topological polar surface area (TPSA) is 337 Å². The third-order valence-corrected chi connectivity index (χ3v) is 25.4. The van der Waals surface area contributed by atoms with E-state index in [0.717, 1.165) is 163 Å². The standard InChI is InChI=1S/C45H50ClN7O7.C42H44ClN7O7.C3H6O/c1-26(2)52(29-19-33(20-29)60-31-8-10-34-35(21-31)45(58)53(44(34)57)39-12-13-42(55)50-43(39)56)25-28-14-16-51(17-15-28)41-24-48-38(23-49-41)40(54)18-27-4-6-30(7-5-27)59-32-9-11-37(47-3)36(46)22-32;1-44-34-9-7-29(20-33(34)43)56-27-4-2-24(3-5-27)16-37(51)35-22-47-38(23-46-35)49-14-12-25(13-15-49)21-45-26-17-30(18-26)57-28-6-8-31-32(19-28)42(55)50(41(31)54)36-10-11-39(52)48-40(36)53;1-3(2)4/h8-11,21-24,26-30,33,39H,4-7,12-20,25H2,1-2H3,(H,50,55,56);6-9,19-20,22-27,30,36,45H,2-5,10-18,21H2,(H,48,52,53);1-2H3. The number of halogens is 2. The van der Waals surface area contributed by atoms with Gasteiger partial charge >= 0.3 is 0 Å². The van der Waals surface area contributed by atoms with Crippen LogP contribution in [0.1, 0.15) is 231 Å². The van der Waals surface area contributed by atoms with Gasteiger partial charge in [-0.05, 0) is 221 Å². The number of ketones is 3. The number of amides is 8. The van der Waals surface area contributed by atoms with Crippen molar-refractivity contribution in [2.24, 2.45) is 23.7 Å². The van der Waals surface area contributed by atoms with Crippen molar-refractivity contribution in [1.29, 1.82) is 0 Å². The van der Waals surface area contributed by atoms with Gasteiger partial charge in [0.25, 0.3) is 23.6 Å². The molecule has 6 aromatic rings. The van der Waals surface area contributed by atoms with Crippen molar-refractivity contribution in [2.75, 3.05) is 49.1 Å². The van der Waals surface area contributed by atoms with Crippen LogP contribution in [0.4, 0.5) is 23.0 Å². The first-order valence-electron chi connectivity index (χ1n) is 42.2. The van der Waals surface area contributed by atoms with Crippen molar-refractivity contribution >= 4 is 111 Å². The molecule has 10 aliphatic rings. The lowest BCUT2D eigenvalue weighted by atomic mass is 9.84. The minimum atomic E-state index is -1.00. The van der Waals surface area contributed by atoms with Crippen LogP contribution >= 0.6 is 23.2 Å². The smallest absolute Gasteiger partial charge is 0.262 e. The molecule has 2 atom stereocenters. The van der Waals surface area contributed by atoms with E-state index in [1.165, 1.54) is 13.8 Å². The molecule has 0 radical (unpaired) electrons. The van der Waals surface area contributed by atoms with Crippen LogP contribution in [-0.2, 0) is 24.0 Å². The van der Waals surface area contributed by atoms with Crippen molar-refractivity contribution in [2.45, 2.75) is 224 Å². The minimum absolute atomic E-state index is 0.00817. The number of Topliss-reactive ketones (excluding diaryl/α,β-unsaturated/α-hetero) is 3. The molecular weight excluding hydrogens is 1590 g/mol. The molecule has 4 saturated heterocycles. The summed E-state index contributed by atoms with van der Waals surface area (Å²) in [7, 11) is 0. The molecule has 4 aliphatic carbocycles. The van der Waals surface area contributed by atoms with Crippen LogP contribution in [0.3, 0.4) is 0 Å². The molecule has 0 bridgehead atoms. The van der Waals surface area contributed by atoms with Crippen LogP contribution in [-0.4, -0.2) is 193 Å². The van der Waals surface area contributed by atoms with E-state index in [1.807, 2.05) is 0 Å². The number of carbonyl (C=O) groups is 11. The van der Waals surface area contributed by atoms with E-state index in [4.69, 9.17) is 55.3 Å². The lowest BCUT2D eigenvalue weighted by Gasteiger charge is -2.46. The van der Waals surface area contributed by atoms with Crippen molar-refractivity contribution in [3.05, 3.63) is 164 Å². The molecule has 3 N–H and O–H groups in total. The van der Waals surface area contributed by atoms with Crippen LogP contribution in [0.2, 0.25) is 10.0 Å². The summed E-state index contributed by atoms with van der Waals surface area (Å²) in [5.41, 5.74) is 2.54. The van der Waals surface area contributed by atoms with Gasteiger partial charge in [-0.2, -0.15) is 0 Å². The van der Waals surface area contributed by atoms with Gasteiger partial charge in [0.1, 0.15) is 76.1 Å². The first-order chi connectivity index (χ1) is 58.3. The highest BCUT2D eigenvalue weighted by atomic mass is 35.5. The van der Waals surface area contributed by atoms with Gasteiger partial charge in [0, 0.05) is 89.4 Å². The van der Waals surface area contributed by atoms with E-state index in [1.54, 1.807) is 97.6 Å². The first-order valence-corrected chi connectivity index (χ1v) is 42.9. The Balaban J connectivity index is 0.000000190. The summed E-state index contributed by atoms with van der Waals surface area (Å²) in [4.78, 5) is 170. The second kappa shape index (κ2) is 38.7. The molecule has 31 heteroatoms. The van der Waals surface area contributed by atoms with Crippen LogP contribution in [0, 0.1) is 36.8 Å². The zero-order valence-corrected chi connectivity index (χ0v) is 69.9. The Bertz CT molecular complexity index is 5010. The van der Waals surface area contributed by atoms with E-state index in [-0.39, 0.29) is 102 Å². The summed E-state index contributed by atoms with van der Waals surface area (Å²) in [5, 5.41) is 8.90. The Labute approximate surface area is 712 Å². The van der Waals surface area contributed by atoms with Gasteiger partial charge in [-0.15, -0.1) is 0 Å². The lowest BCUT2D eigenvalue weighted by Crippen LogP contribution is -2.54. The number of ether oxygens (including phenoxy) is 4. The van der Waals surface area contributed by atoms with Crippen molar-refractivity contribution in [3.63, 3.8) is 0 Å². The molecule has 8 heterocycles. The molecule has 2 unspecified atom stereocenters. The first kappa shape index (κ1) is 86.3. The van der Waals surface area contributed by atoms with Crippen molar-refractivity contribution < 1.29 is 71.7 Å². The SMILES string of the molecule is CC(C)=O.[C-]#[N+]c1ccc(OC2CCC(CC(=O)c3cnc(N4CCC(CN(C(C)C)C5CC(Oc6ccc7c(c6)C(=O)N(C6CCC(=O)NC6=O)C7=O)C5)CC4)cn3)CC2)cc1Cl.[C-]#[N+]c1ccc(OC2CCC(CC(=O)c3cnc(N4CCC(CNC5CC(Oc6ccc7c(c6)C(=O)N(C6CCC(=O)NC6=O)C7=O)C5)CC4)cn3)CC2)cc1Cl. The number of carbonyl (C=O) groups excluding carboxylic acids is 11. The Morgan fingerprint density at radius 2 is 0.876 bits per heavy atom. The van der Waals surface area contributed by atoms with E-state index in [0.29, 0.717) is 98.6 Å². The molecule has 121 heavy (non-hydrogen) atoms. The van der Waals surface area contributed by atoms with Gasteiger partial charge in [0.05, 0.1) is 82.4 Å². The summed E-state index contributed by atoms with van der Waals surface area (Å²) in [6, 6.07) is 19.1. The number of hydrogen-bond acceptors (Lipinski definition) is 23. The van der Waals surface area contributed by atoms with Crippen molar-refractivity contribution in [3.8, 4) is 23.0 Å². The third-order valence-electron chi connectivity index (χ3n) is 24.8. The average molecular weight is 1690 g/mol. The fourth-order valence-electron chi connectivity index (χ4n) is 17.9. The number of nitrogens with zero attached hydrogens (tertiary/aromatic N) is 11. The highest BCUT2D eigenvalue weighted by Gasteiger charge is 2.48. The van der Waals surface area contributed by atoms with Gasteiger partial charge in [-0.1, -0.05) is 35.3 Å². The van der Waals surface area contributed by atoms with Crippen LogP contribution in [0.25, 0.3) is 9.69 Å². The van der Waals surface area contributed by atoms with Gasteiger partial charge in [-0.25, -0.2) is 29.6 Å². The number of benzene rings is 4. The number of hydrogen-bond donors (Lipinski definition) is 3. The molecule has 29 nitrogen and oxygen atoms in total. The van der Waals surface area contributed by atoms with E-state index in [2.05, 4.69) is 74.1 Å².